The average molecular weight is 249 g/mol. The standard InChI is InChI=1S/C14H19NO3/c1-16-11-7-12(10-3-2-4-15-9-10)14-13(8-11)17-5-6-18-14/h7-8,10,15H,2-6,9H2,1H3. The Bertz CT molecular complexity index is 427. The van der Waals surface area contributed by atoms with Crippen LogP contribution in [0.2, 0.25) is 0 Å². The fraction of sp³-hybridized carbons (Fsp3) is 0.571. The quantitative estimate of drug-likeness (QED) is 0.869. The second-order valence-corrected chi connectivity index (χ2v) is 4.78. The zero-order valence-electron chi connectivity index (χ0n) is 10.7. The lowest BCUT2D eigenvalue weighted by molar-refractivity contribution is 0.167. The summed E-state index contributed by atoms with van der Waals surface area (Å²) in [6, 6.07) is 4.00. The van der Waals surface area contributed by atoms with E-state index >= 15 is 0 Å². The number of nitrogens with one attached hydrogen (secondary N) is 1. The molecule has 1 aromatic carbocycles. The van der Waals surface area contributed by atoms with E-state index in [1.807, 2.05) is 6.07 Å². The third-order valence-electron chi connectivity index (χ3n) is 3.62. The van der Waals surface area contributed by atoms with Crippen LogP contribution in [0.25, 0.3) is 0 Å². The van der Waals surface area contributed by atoms with E-state index in [4.69, 9.17) is 14.2 Å². The molecule has 0 saturated carbocycles. The lowest BCUT2D eigenvalue weighted by Gasteiger charge is -2.28. The van der Waals surface area contributed by atoms with Gasteiger partial charge in [0.2, 0.25) is 0 Å². The van der Waals surface area contributed by atoms with Gasteiger partial charge in [-0.2, -0.15) is 0 Å². The van der Waals surface area contributed by atoms with E-state index in [1.165, 1.54) is 18.4 Å². The van der Waals surface area contributed by atoms with Crippen LogP contribution in [0.3, 0.4) is 0 Å². The summed E-state index contributed by atoms with van der Waals surface area (Å²) in [5.41, 5.74) is 1.22. The van der Waals surface area contributed by atoms with Crippen molar-refractivity contribution in [2.45, 2.75) is 18.8 Å². The Balaban J connectivity index is 1.99. The number of hydrogen-bond acceptors (Lipinski definition) is 4. The van der Waals surface area contributed by atoms with Crippen molar-refractivity contribution < 1.29 is 14.2 Å². The molecule has 2 aliphatic heterocycles. The zero-order valence-corrected chi connectivity index (χ0v) is 10.7. The summed E-state index contributed by atoms with van der Waals surface area (Å²) in [6.45, 7) is 3.36. The lowest BCUT2D eigenvalue weighted by atomic mass is 9.90. The van der Waals surface area contributed by atoms with Gasteiger partial charge in [-0.1, -0.05) is 0 Å². The van der Waals surface area contributed by atoms with Crippen LogP contribution in [-0.2, 0) is 0 Å². The maximum Gasteiger partial charge on any atom is 0.165 e. The van der Waals surface area contributed by atoms with Crippen LogP contribution in [0.15, 0.2) is 12.1 Å². The molecule has 0 radical (unpaired) electrons. The molecule has 98 valence electrons. The van der Waals surface area contributed by atoms with Gasteiger partial charge < -0.3 is 19.5 Å². The molecule has 4 nitrogen and oxygen atoms in total. The summed E-state index contributed by atoms with van der Waals surface area (Å²) >= 11 is 0. The molecular weight excluding hydrogens is 230 g/mol. The van der Waals surface area contributed by atoms with Crippen LogP contribution in [0.5, 0.6) is 17.2 Å². The normalized spacial score (nSPS) is 22.6. The van der Waals surface area contributed by atoms with Crippen molar-refractivity contribution in [1.29, 1.82) is 0 Å². The summed E-state index contributed by atoms with van der Waals surface area (Å²) in [7, 11) is 1.69. The van der Waals surface area contributed by atoms with E-state index in [0.29, 0.717) is 19.1 Å². The Hall–Kier alpha value is -1.42. The van der Waals surface area contributed by atoms with Gasteiger partial charge in [0.15, 0.2) is 11.5 Å². The molecule has 1 aromatic rings. The third-order valence-corrected chi connectivity index (χ3v) is 3.62. The van der Waals surface area contributed by atoms with E-state index in [-0.39, 0.29) is 0 Å². The van der Waals surface area contributed by atoms with Gasteiger partial charge in [-0.05, 0) is 25.5 Å². The van der Waals surface area contributed by atoms with Crippen molar-refractivity contribution in [2.75, 3.05) is 33.4 Å². The molecule has 2 aliphatic rings. The van der Waals surface area contributed by atoms with Crippen LogP contribution in [-0.4, -0.2) is 33.4 Å². The number of fused-ring (bicyclic) bond motifs is 1. The van der Waals surface area contributed by atoms with E-state index in [1.54, 1.807) is 7.11 Å². The van der Waals surface area contributed by atoms with Crippen molar-refractivity contribution in [2.24, 2.45) is 0 Å². The topological polar surface area (TPSA) is 39.7 Å². The molecule has 1 N–H and O–H groups in total. The molecule has 1 unspecified atom stereocenters. The Labute approximate surface area is 107 Å². The van der Waals surface area contributed by atoms with Gasteiger partial charge >= 0.3 is 0 Å². The largest absolute Gasteiger partial charge is 0.497 e. The summed E-state index contributed by atoms with van der Waals surface area (Å²) < 4.78 is 16.8. The highest BCUT2D eigenvalue weighted by Gasteiger charge is 2.25. The molecule has 2 heterocycles. The number of piperidine rings is 1. The molecule has 1 saturated heterocycles. The van der Waals surface area contributed by atoms with Gasteiger partial charge in [-0.3, -0.25) is 0 Å². The minimum Gasteiger partial charge on any atom is -0.497 e. The molecular formula is C14H19NO3. The number of rotatable bonds is 2. The van der Waals surface area contributed by atoms with Gasteiger partial charge in [0.1, 0.15) is 19.0 Å². The van der Waals surface area contributed by atoms with Crippen LogP contribution >= 0.6 is 0 Å². The maximum atomic E-state index is 5.80. The van der Waals surface area contributed by atoms with Crippen molar-refractivity contribution in [3.05, 3.63) is 17.7 Å². The summed E-state index contributed by atoms with van der Waals surface area (Å²) in [6.07, 6.45) is 2.40. The molecule has 1 atom stereocenters. The third kappa shape index (κ3) is 2.12. The summed E-state index contributed by atoms with van der Waals surface area (Å²) in [5, 5.41) is 3.44. The van der Waals surface area contributed by atoms with Crippen LogP contribution in [0.1, 0.15) is 24.3 Å². The minimum absolute atomic E-state index is 0.490. The molecule has 0 bridgehead atoms. The number of ether oxygens (including phenoxy) is 3. The number of benzene rings is 1. The Morgan fingerprint density at radius 1 is 1.28 bits per heavy atom. The van der Waals surface area contributed by atoms with Gasteiger partial charge in [0.05, 0.1) is 7.11 Å². The summed E-state index contributed by atoms with van der Waals surface area (Å²) in [4.78, 5) is 0. The first-order valence-electron chi connectivity index (χ1n) is 6.56. The second kappa shape index (κ2) is 5.06. The Morgan fingerprint density at radius 2 is 2.17 bits per heavy atom. The van der Waals surface area contributed by atoms with E-state index in [2.05, 4.69) is 11.4 Å². The highest BCUT2D eigenvalue weighted by Crippen LogP contribution is 2.42. The zero-order chi connectivity index (χ0) is 12.4. The minimum atomic E-state index is 0.490. The van der Waals surface area contributed by atoms with Crippen molar-refractivity contribution in [1.82, 2.24) is 5.32 Å². The smallest absolute Gasteiger partial charge is 0.165 e. The van der Waals surface area contributed by atoms with E-state index < -0.39 is 0 Å². The SMILES string of the molecule is COc1cc2c(c(C3CCCNC3)c1)OCCO2. The molecule has 1 fully saturated rings. The number of methoxy groups -OCH3 is 1. The van der Waals surface area contributed by atoms with Gasteiger partial charge in [-0.25, -0.2) is 0 Å². The van der Waals surface area contributed by atoms with Crippen molar-refractivity contribution in [3.63, 3.8) is 0 Å². The van der Waals surface area contributed by atoms with E-state index in [0.717, 1.165) is 30.3 Å². The molecule has 0 amide bonds. The van der Waals surface area contributed by atoms with Crippen molar-refractivity contribution in [3.8, 4) is 17.2 Å². The number of hydrogen-bond donors (Lipinski definition) is 1. The second-order valence-electron chi connectivity index (χ2n) is 4.78. The average Bonchev–Trinajstić information content (AvgIpc) is 2.47. The first-order chi connectivity index (χ1) is 8.88. The van der Waals surface area contributed by atoms with Gasteiger partial charge in [0.25, 0.3) is 0 Å². The Kier molecular flexibility index (Phi) is 3.28. The molecule has 4 heteroatoms. The highest BCUT2D eigenvalue weighted by atomic mass is 16.6. The molecule has 0 aromatic heterocycles. The van der Waals surface area contributed by atoms with Crippen LogP contribution < -0.4 is 19.5 Å². The van der Waals surface area contributed by atoms with Gasteiger partial charge in [-0.15, -0.1) is 0 Å². The summed E-state index contributed by atoms with van der Waals surface area (Å²) in [5.74, 6) is 3.07. The van der Waals surface area contributed by atoms with Crippen LogP contribution in [0, 0.1) is 0 Å². The fourth-order valence-electron chi connectivity index (χ4n) is 2.69. The predicted octanol–water partition coefficient (Wildman–Crippen LogP) is 1.93. The predicted molar refractivity (Wildman–Crippen MR) is 68.8 cm³/mol. The molecule has 3 rings (SSSR count). The first-order valence-corrected chi connectivity index (χ1v) is 6.56. The monoisotopic (exact) mass is 249 g/mol. The highest BCUT2D eigenvalue weighted by molar-refractivity contribution is 5.54. The van der Waals surface area contributed by atoms with Crippen molar-refractivity contribution >= 4 is 0 Å². The van der Waals surface area contributed by atoms with E-state index in [9.17, 15) is 0 Å². The maximum absolute atomic E-state index is 5.80. The lowest BCUT2D eigenvalue weighted by Crippen LogP contribution is -2.29. The molecule has 0 spiro atoms. The fourth-order valence-corrected chi connectivity index (χ4v) is 2.69. The van der Waals surface area contributed by atoms with Gasteiger partial charge in [0, 0.05) is 24.1 Å². The van der Waals surface area contributed by atoms with Crippen LogP contribution in [0.4, 0.5) is 0 Å². The molecule has 18 heavy (non-hydrogen) atoms. The first kappa shape index (κ1) is 11.7. The molecule has 0 aliphatic carbocycles. The Morgan fingerprint density at radius 3 is 2.94 bits per heavy atom.